The molecule has 138 valence electrons. The molecule has 2 N–H and O–H groups in total. The van der Waals surface area contributed by atoms with Crippen LogP contribution in [0.1, 0.15) is 10.7 Å². The van der Waals surface area contributed by atoms with Crippen molar-refractivity contribution in [3.8, 4) is 17.1 Å². The van der Waals surface area contributed by atoms with E-state index < -0.39 is 32.6 Å². The Morgan fingerprint density at radius 3 is 2.42 bits per heavy atom. The third-order valence-electron chi connectivity index (χ3n) is 3.36. The second-order valence-electron chi connectivity index (χ2n) is 5.24. The zero-order valence-corrected chi connectivity index (χ0v) is 14.6. The van der Waals surface area contributed by atoms with E-state index in [2.05, 4.69) is 10.1 Å². The first-order chi connectivity index (χ1) is 12.0. The minimum atomic E-state index is -4.72. The molecular weight excluding hydrogens is 396 g/mol. The van der Waals surface area contributed by atoms with E-state index in [-0.39, 0.29) is 17.1 Å². The minimum absolute atomic E-state index is 0.0106. The van der Waals surface area contributed by atoms with Gasteiger partial charge in [-0.25, -0.2) is 27.6 Å². The maximum absolute atomic E-state index is 14.1. The Morgan fingerprint density at radius 1 is 1.23 bits per heavy atom. The van der Waals surface area contributed by atoms with Gasteiger partial charge in [0.25, 0.3) is 0 Å². The van der Waals surface area contributed by atoms with Crippen LogP contribution in [0.25, 0.3) is 17.1 Å². The lowest BCUT2D eigenvalue weighted by atomic mass is 10.1. The van der Waals surface area contributed by atoms with Crippen LogP contribution in [0.4, 0.5) is 17.6 Å². The monoisotopic (exact) mass is 406 g/mol. The standard InChI is InChI=1S/C14H10F4N4O2S2/c1-7-20-13(6-25-7)22-10(5-12(21-22)14(16,17)18)8-2-3-11(9(15)4-8)26(19,23)24/h2-6H,1H3,(H2,19,23,24). The van der Waals surface area contributed by atoms with Gasteiger partial charge in [0, 0.05) is 10.9 Å². The third kappa shape index (κ3) is 3.48. The molecule has 3 aromatic rings. The number of hydrogen-bond donors (Lipinski definition) is 1. The molecular formula is C14H10F4N4O2S2. The first-order valence-corrected chi connectivity index (χ1v) is 9.32. The topological polar surface area (TPSA) is 90.9 Å². The molecule has 2 aromatic heterocycles. The van der Waals surface area contributed by atoms with Crippen molar-refractivity contribution in [2.75, 3.05) is 0 Å². The highest BCUT2D eigenvalue weighted by atomic mass is 32.2. The third-order valence-corrected chi connectivity index (χ3v) is 5.06. The fourth-order valence-electron chi connectivity index (χ4n) is 2.24. The van der Waals surface area contributed by atoms with E-state index in [0.29, 0.717) is 5.01 Å². The lowest BCUT2D eigenvalue weighted by Crippen LogP contribution is -2.14. The fraction of sp³-hybridized carbons (Fsp3) is 0.143. The van der Waals surface area contributed by atoms with Gasteiger partial charge >= 0.3 is 6.18 Å². The summed E-state index contributed by atoms with van der Waals surface area (Å²) < 4.78 is 76.8. The number of halogens is 4. The van der Waals surface area contributed by atoms with Crippen molar-refractivity contribution >= 4 is 21.4 Å². The molecule has 26 heavy (non-hydrogen) atoms. The Morgan fingerprint density at radius 2 is 1.92 bits per heavy atom. The van der Waals surface area contributed by atoms with Gasteiger partial charge in [0.05, 0.1) is 10.7 Å². The van der Waals surface area contributed by atoms with Crippen LogP contribution in [0, 0.1) is 12.7 Å². The number of nitrogens with zero attached hydrogens (tertiary/aromatic N) is 3. The summed E-state index contributed by atoms with van der Waals surface area (Å²) in [6.45, 7) is 1.67. The number of benzene rings is 1. The normalized spacial score (nSPS) is 12.5. The molecule has 3 rings (SSSR count). The van der Waals surface area contributed by atoms with Gasteiger partial charge < -0.3 is 0 Å². The number of sulfonamides is 1. The average molecular weight is 406 g/mol. The minimum Gasteiger partial charge on any atom is -0.225 e. The number of aromatic nitrogens is 3. The molecule has 0 fully saturated rings. The van der Waals surface area contributed by atoms with Crippen LogP contribution >= 0.6 is 11.3 Å². The second kappa shape index (κ2) is 6.14. The Hall–Kier alpha value is -2.31. The van der Waals surface area contributed by atoms with Crippen molar-refractivity contribution in [2.24, 2.45) is 5.14 Å². The molecule has 0 saturated heterocycles. The van der Waals surface area contributed by atoms with Crippen LogP contribution in [0.2, 0.25) is 0 Å². The first-order valence-electron chi connectivity index (χ1n) is 6.89. The first kappa shape index (κ1) is 18.5. The van der Waals surface area contributed by atoms with Crippen LogP contribution in [0.15, 0.2) is 34.5 Å². The predicted molar refractivity (Wildman–Crippen MR) is 85.7 cm³/mol. The molecule has 0 amide bonds. The summed E-state index contributed by atoms with van der Waals surface area (Å²) in [5.41, 5.74) is -1.29. The zero-order valence-electron chi connectivity index (χ0n) is 13.0. The number of aryl methyl sites for hydroxylation is 1. The average Bonchev–Trinajstić information content (AvgIpc) is 3.11. The van der Waals surface area contributed by atoms with Crippen molar-refractivity contribution in [3.05, 3.63) is 46.2 Å². The molecule has 0 aliphatic carbocycles. The molecule has 0 saturated carbocycles. The summed E-state index contributed by atoms with van der Waals surface area (Å²) in [7, 11) is -4.30. The molecule has 0 bridgehead atoms. The summed E-state index contributed by atoms with van der Waals surface area (Å²) in [6.07, 6.45) is -4.72. The molecule has 0 atom stereocenters. The van der Waals surface area contributed by atoms with Crippen LogP contribution in [0.5, 0.6) is 0 Å². The van der Waals surface area contributed by atoms with Gasteiger partial charge in [-0.2, -0.15) is 18.3 Å². The van der Waals surface area contributed by atoms with Gasteiger partial charge in [0.15, 0.2) is 11.5 Å². The smallest absolute Gasteiger partial charge is 0.225 e. The van der Waals surface area contributed by atoms with Gasteiger partial charge in [-0.05, 0) is 25.1 Å². The van der Waals surface area contributed by atoms with Gasteiger partial charge in [-0.15, -0.1) is 11.3 Å². The van der Waals surface area contributed by atoms with E-state index in [4.69, 9.17) is 5.14 Å². The van der Waals surface area contributed by atoms with Crippen molar-refractivity contribution in [1.82, 2.24) is 14.8 Å². The van der Waals surface area contributed by atoms with Gasteiger partial charge in [-0.1, -0.05) is 6.07 Å². The lowest BCUT2D eigenvalue weighted by Gasteiger charge is -2.06. The number of hydrogen-bond acceptors (Lipinski definition) is 5. The lowest BCUT2D eigenvalue weighted by molar-refractivity contribution is -0.141. The molecule has 0 unspecified atom stereocenters. The van der Waals surface area contributed by atoms with Gasteiger partial charge in [-0.3, -0.25) is 0 Å². The number of alkyl halides is 3. The summed E-state index contributed by atoms with van der Waals surface area (Å²) in [4.78, 5) is 3.33. The Labute approximate surface area is 149 Å². The molecule has 1 aromatic carbocycles. The predicted octanol–water partition coefficient (Wildman–Crippen LogP) is 3.11. The largest absolute Gasteiger partial charge is 0.435 e. The van der Waals surface area contributed by atoms with Crippen molar-refractivity contribution in [2.45, 2.75) is 18.0 Å². The Kier molecular flexibility index (Phi) is 4.37. The highest BCUT2D eigenvalue weighted by molar-refractivity contribution is 7.89. The molecule has 0 aliphatic rings. The maximum Gasteiger partial charge on any atom is 0.435 e. The summed E-state index contributed by atoms with van der Waals surface area (Å²) in [5.74, 6) is -1.05. The van der Waals surface area contributed by atoms with E-state index in [0.717, 1.165) is 28.9 Å². The van der Waals surface area contributed by atoms with Crippen LogP contribution in [-0.2, 0) is 16.2 Å². The molecule has 0 spiro atoms. The molecule has 12 heteroatoms. The Balaban J connectivity index is 2.21. The quantitative estimate of drug-likeness (QED) is 0.677. The van der Waals surface area contributed by atoms with Crippen molar-refractivity contribution in [3.63, 3.8) is 0 Å². The van der Waals surface area contributed by atoms with E-state index in [1.807, 2.05) is 0 Å². The number of thiazole rings is 1. The SMILES string of the molecule is Cc1nc(-n2nc(C(F)(F)F)cc2-c2ccc(S(N)(=O)=O)c(F)c2)cs1. The van der Waals surface area contributed by atoms with Crippen LogP contribution in [-0.4, -0.2) is 23.2 Å². The summed E-state index contributed by atoms with van der Waals surface area (Å²) >= 11 is 1.21. The van der Waals surface area contributed by atoms with Gasteiger partial charge in [0.1, 0.15) is 10.7 Å². The number of nitrogens with two attached hydrogens (primary N) is 1. The van der Waals surface area contributed by atoms with E-state index >= 15 is 0 Å². The Bertz CT molecular complexity index is 1090. The summed E-state index contributed by atoms with van der Waals surface area (Å²) in [5, 5.41) is 10.5. The second-order valence-corrected chi connectivity index (χ2v) is 7.83. The fourth-order valence-corrected chi connectivity index (χ4v) is 3.40. The maximum atomic E-state index is 14.1. The molecule has 2 heterocycles. The van der Waals surface area contributed by atoms with Crippen LogP contribution in [0.3, 0.4) is 0 Å². The van der Waals surface area contributed by atoms with Crippen LogP contribution < -0.4 is 5.14 Å². The molecule has 6 nitrogen and oxygen atoms in total. The molecule has 0 radical (unpaired) electrons. The highest BCUT2D eigenvalue weighted by Gasteiger charge is 2.35. The van der Waals surface area contributed by atoms with Crippen molar-refractivity contribution in [1.29, 1.82) is 0 Å². The summed E-state index contributed by atoms with van der Waals surface area (Å²) in [6, 6.07) is 3.55. The zero-order chi connectivity index (χ0) is 19.3. The number of rotatable bonds is 3. The molecule has 0 aliphatic heterocycles. The van der Waals surface area contributed by atoms with E-state index in [1.165, 1.54) is 16.7 Å². The highest BCUT2D eigenvalue weighted by Crippen LogP contribution is 2.34. The number of primary sulfonamides is 1. The van der Waals surface area contributed by atoms with E-state index in [1.54, 1.807) is 6.92 Å². The van der Waals surface area contributed by atoms with Crippen molar-refractivity contribution < 1.29 is 26.0 Å². The van der Waals surface area contributed by atoms with E-state index in [9.17, 15) is 26.0 Å². The van der Waals surface area contributed by atoms with Gasteiger partial charge in [0.2, 0.25) is 10.0 Å².